The fourth-order valence-electron chi connectivity index (χ4n) is 3.52. The molecule has 5 nitrogen and oxygen atoms in total. The Hall–Kier alpha value is -2.17. The van der Waals surface area contributed by atoms with Gasteiger partial charge in [0.2, 0.25) is 0 Å². The van der Waals surface area contributed by atoms with Gasteiger partial charge in [-0.2, -0.15) is 0 Å². The van der Waals surface area contributed by atoms with Gasteiger partial charge in [0.25, 0.3) is 0 Å². The van der Waals surface area contributed by atoms with Gasteiger partial charge in [0, 0.05) is 20.0 Å². The molecule has 0 unspecified atom stereocenters. The molecule has 1 aromatic carbocycles. The topological polar surface area (TPSA) is 48.5 Å². The first-order chi connectivity index (χ1) is 11.3. The van der Waals surface area contributed by atoms with Gasteiger partial charge in [-0.15, -0.1) is 10.2 Å². The third-order valence-corrected chi connectivity index (χ3v) is 4.88. The Kier molecular flexibility index (Phi) is 3.85. The molecule has 0 saturated heterocycles. The SMILES string of the molecule is Cn1c(Cc2nnc3n2CCCCCCC3)nc2ccccc21. The van der Waals surface area contributed by atoms with Crippen LogP contribution in [0, 0.1) is 0 Å². The van der Waals surface area contributed by atoms with E-state index in [0.717, 1.165) is 42.4 Å². The molecule has 2 aromatic heterocycles. The number of aromatic nitrogens is 5. The zero-order chi connectivity index (χ0) is 15.6. The third kappa shape index (κ3) is 2.76. The number of nitrogens with zero attached hydrogens (tertiary/aromatic N) is 5. The number of fused-ring (bicyclic) bond motifs is 2. The molecule has 120 valence electrons. The Bertz CT molecular complexity index is 814. The summed E-state index contributed by atoms with van der Waals surface area (Å²) >= 11 is 0. The van der Waals surface area contributed by atoms with Crippen molar-refractivity contribution in [2.24, 2.45) is 7.05 Å². The van der Waals surface area contributed by atoms with E-state index in [1.165, 1.54) is 37.6 Å². The average molecular weight is 309 g/mol. The first kappa shape index (κ1) is 14.4. The summed E-state index contributed by atoms with van der Waals surface area (Å²) in [6.07, 6.45) is 8.22. The van der Waals surface area contributed by atoms with Gasteiger partial charge >= 0.3 is 0 Å². The molecule has 0 spiro atoms. The molecule has 0 radical (unpaired) electrons. The lowest BCUT2D eigenvalue weighted by Gasteiger charge is -2.09. The van der Waals surface area contributed by atoms with Crippen LogP contribution in [0.3, 0.4) is 0 Å². The zero-order valence-electron chi connectivity index (χ0n) is 13.7. The number of rotatable bonds is 2. The summed E-state index contributed by atoms with van der Waals surface area (Å²) in [6, 6.07) is 8.28. The summed E-state index contributed by atoms with van der Waals surface area (Å²) in [5, 5.41) is 8.93. The predicted octanol–water partition coefficient (Wildman–Crippen LogP) is 3.26. The first-order valence-electron chi connectivity index (χ1n) is 8.64. The molecule has 3 aromatic rings. The smallest absolute Gasteiger partial charge is 0.140 e. The highest BCUT2D eigenvalue weighted by Gasteiger charge is 2.16. The van der Waals surface area contributed by atoms with Gasteiger partial charge < -0.3 is 9.13 Å². The summed E-state index contributed by atoms with van der Waals surface area (Å²) in [4.78, 5) is 4.78. The van der Waals surface area contributed by atoms with Gasteiger partial charge in [0.1, 0.15) is 17.5 Å². The van der Waals surface area contributed by atoms with Crippen molar-refractivity contribution < 1.29 is 0 Å². The van der Waals surface area contributed by atoms with Crippen molar-refractivity contribution in [2.45, 2.75) is 51.5 Å². The largest absolute Gasteiger partial charge is 0.331 e. The highest BCUT2D eigenvalue weighted by atomic mass is 15.3. The third-order valence-electron chi connectivity index (χ3n) is 4.88. The van der Waals surface area contributed by atoms with Crippen molar-refractivity contribution in [2.75, 3.05) is 0 Å². The maximum absolute atomic E-state index is 4.78. The van der Waals surface area contributed by atoms with Crippen molar-refractivity contribution in [1.82, 2.24) is 24.3 Å². The minimum absolute atomic E-state index is 0.748. The number of benzene rings is 1. The molecule has 1 aliphatic rings. The van der Waals surface area contributed by atoms with E-state index in [0.29, 0.717) is 0 Å². The van der Waals surface area contributed by atoms with Crippen LogP contribution >= 0.6 is 0 Å². The number of imidazole rings is 1. The highest BCUT2D eigenvalue weighted by molar-refractivity contribution is 5.75. The molecule has 0 fully saturated rings. The second-order valence-electron chi connectivity index (χ2n) is 6.45. The van der Waals surface area contributed by atoms with E-state index in [9.17, 15) is 0 Å². The zero-order valence-corrected chi connectivity index (χ0v) is 13.7. The summed E-state index contributed by atoms with van der Waals surface area (Å²) in [5.74, 6) is 3.27. The van der Waals surface area contributed by atoms with Gasteiger partial charge in [0.05, 0.1) is 17.5 Å². The van der Waals surface area contributed by atoms with E-state index in [4.69, 9.17) is 4.98 Å². The van der Waals surface area contributed by atoms with E-state index < -0.39 is 0 Å². The lowest BCUT2D eigenvalue weighted by molar-refractivity contribution is 0.568. The molecule has 1 aliphatic heterocycles. The van der Waals surface area contributed by atoms with Gasteiger partial charge in [-0.1, -0.05) is 31.4 Å². The molecule has 0 N–H and O–H groups in total. The van der Waals surface area contributed by atoms with E-state index in [1.807, 2.05) is 6.07 Å². The molecule has 0 aliphatic carbocycles. The van der Waals surface area contributed by atoms with Crippen LogP contribution in [0.2, 0.25) is 0 Å². The average Bonchev–Trinajstić information content (AvgIpc) is 3.11. The lowest BCUT2D eigenvalue weighted by atomic mass is 10.1. The fraction of sp³-hybridized carbons (Fsp3) is 0.500. The van der Waals surface area contributed by atoms with Crippen LogP contribution in [-0.2, 0) is 26.4 Å². The van der Waals surface area contributed by atoms with Crippen molar-refractivity contribution in [3.05, 3.63) is 41.7 Å². The van der Waals surface area contributed by atoms with Crippen LogP contribution < -0.4 is 0 Å². The number of hydrogen-bond acceptors (Lipinski definition) is 3. The molecular formula is C18H23N5. The second-order valence-corrected chi connectivity index (χ2v) is 6.45. The maximum atomic E-state index is 4.78. The van der Waals surface area contributed by atoms with Gasteiger partial charge in [0.15, 0.2) is 0 Å². The summed E-state index contributed by atoms with van der Waals surface area (Å²) in [7, 11) is 2.08. The molecule has 3 heterocycles. The molecule has 23 heavy (non-hydrogen) atoms. The van der Waals surface area contributed by atoms with Gasteiger partial charge in [-0.3, -0.25) is 0 Å². The second kappa shape index (κ2) is 6.14. The monoisotopic (exact) mass is 309 g/mol. The Labute approximate surface area is 136 Å². The summed E-state index contributed by atoms with van der Waals surface area (Å²) in [6.45, 7) is 1.04. The van der Waals surface area contributed by atoms with Crippen LogP contribution in [0.1, 0.15) is 49.6 Å². The van der Waals surface area contributed by atoms with Crippen LogP contribution in [0.25, 0.3) is 11.0 Å². The van der Waals surface area contributed by atoms with E-state index >= 15 is 0 Å². The first-order valence-corrected chi connectivity index (χ1v) is 8.64. The standard InChI is InChI=1S/C18H23N5/c1-22-15-10-7-6-9-14(15)19-17(22)13-18-21-20-16-11-5-3-2-4-8-12-23(16)18/h6-7,9-10H,2-5,8,11-13H2,1H3. The van der Waals surface area contributed by atoms with Gasteiger partial charge in [-0.05, 0) is 25.0 Å². The Morgan fingerprint density at radius 2 is 1.78 bits per heavy atom. The van der Waals surface area contributed by atoms with E-state index in [2.05, 4.69) is 44.6 Å². The van der Waals surface area contributed by atoms with Crippen LogP contribution in [0.4, 0.5) is 0 Å². The van der Waals surface area contributed by atoms with Crippen LogP contribution in [0.15, 0.2) is 24.3 Å². The summed E-state index contributed by atoms with van der Waals surface area (Å²) < 4.78 is 4.51. The molecule has 4 rings (SSSR count). The molecule has 0 amide bonds. The van der Waals surface area contributed by atoms with E-state index in [-0.39, 0.29) is 0 Å². The Morgan fingerprint density at radius 1 is 0.957 bits per heavy atom. The predicted molar refractivity (Wildman–Crippen MR) is 90.3 cm³/mol. The minimum atomic E-state index is 0.748. The molecule has 0 bridgehead atoms. The highest BCUT2D eigenvalue weighted by Crippen LogP contribution is 2.19. The van der Waals surface area contributed by atoms with Crippen LogP contribution in [-0.4, -0.2) is 24.3 Å². The maximum Gasteiger partial charge on any atom is 0.140 e. The Morgan fingerprint density at radius 3 is 2.70 bits per heavy atom. The number of hydrogen-bond donors (Lipinski definition) is 0. The fourth-order valence-corrected chi connectivity index (χ4v) is 3.52. The van der Waals surface area contributed by atoms with Crippen molar-refractivity contribution >= 4 is 11.0 Å². The van der Waals surface area contributed by atoms with Crippen molar-refractivity contribution in [3.63, 3.8) is 0 Å². The molecular weight excluding hydrogens is 286 g/mol. The molecule has 0 saturated carbocycles. The quantitative estimate of drug-likeness (QED) is 0.730. The van der Waals surface area contributed by atoms with Crippen molar-refractivity contribution in [1.29, 1.82) is 0 Å². The number of para-hydroxylation sites is 2. The summed E-state index contributed by atoms with van der Waals surface area (Å²) in [5.41, 5.74) is 2.22. The van der Waals surface area contributed by atoms with Crippen molar-refractivity contribution in [3.8, 4) is 0 Å². The normalized spacial score (nSPS) is 15.9. The minimum Gasteiger partial charge on any atom is -0.331 e. The number of aryl methyl sites for hydroxylation is 2. The van der Waals surface area contributed by atoms with Crippen LogP contribution in [0.5, 0.6) is 0 Å². The van der Waals surface area contributed by atoms with Gasteiger partial charge in [-0.25, -0.2) is 4.98 Å². The molecule has 0 atom stereocenters. The lowest BCUT2D eigenvalue weighted by Crippen LogP contribution is -2.10. The molecule has 5 heteroatoms. The Balaban J connectivity index is 1.67. The van der Waals surface area contributed by atoms with E-state index in [1.54, 1.807) is 0 Å².